The van der Waals surface area contributed by atoms with Gasteiger partial charge in [0.25, 0.3) is 5.56 Å². The highest BCUT2D eigenvalue weighted by molar-refractivity contribution is 6.04. The number of amides is 1. The third-order valence-electron chi connectivity index (χ3n) is 7.06. The van der Waals surface area contributed by atoms with E-state index in [1.807, 2.05) is 35.9 Å². The van der Waals surface area contributed by atoms with Crippen molar-refractivity contribution in [1.29, 1.82) is 0 Å². The predicted molar refractivity (Wildman–Crippen MR) is 131 cm³/mol. The summed E-state index contributed by atoms with van der Waals surface area (Å²) in [5.74, 6) is 0.294. The Labute approximate surface area is 203 Å². The van der Waals surface area contributed by atoms with Crippen LogP contribution < -0.4 is 11.3 Å². The standard InChI is InChI=1S/C25H23N7O4/c1-12-17(13-6-14-9-28-30-23(14)27-8-13)4-5-18-21(12)32(15-2-3-15)24(33)20-22(18)36-19(29-20)11-31-10-16(7-26)35-25(31)34/h4-6,8-9,15-16H,2-3,7,10-11,26H2,1H3,(H,27,28,30). The van der Waals surface area contributed by atoms with Crippen LogP contribution in [0, 0.1) is 6.92 Å². The molecule has 0 radical (unpaired) electrons. The summed E-state index contributed by atoms with van der Waals surface area (Å²) in [5, 5.41) is 8.67. The number of ether oxygens (including phenoxy) is 1. The molecule has 5 heterocycles. The van der Waals surface area contributed by atoms with E-state index in [0.717, 1.165) is 51.5 Å². The van der Waals surface area contributed by atoms with Gasteiger partial charge in [-0.2, -0.15) is 5.10 Å². The molecule has 2 aliphatic rings. The lowest BCUT2D eigenvalue weighted by Gasteiger charge is -2.15. The molecule has 2 fully saturated rings. The second-order valence-electron chi connectivity index (χ2n) is 9.48. The molecule has 1 amide bonds. The van der Waals surface area contributed by atoms with Crippen molar-refractivity contribution in [2.24, 2.45) is 5.73 Å². The van der Waals surface area contributed by atoms with Crippen LogP contribution in [0.2, 0.25) is 0 Å². The number of fused-ring (bicyclic) bond motifs is 4. The number of benzene rings is 1. The maximum absolute atomic E-state index is 13.7. The molecule has 1 aliphatic heterocycles. The molecule has 1 saturated carbocycles. The number of carbonyl (C=O) groups excluding carboxylic acids is 1. The average Bonchev–Trinajstić information content (AvgIpc) is 3.28. The van der Waals surface area contributed by atoms with Crippen molar-refractivity contribution in [2.45, 2.75) is 38.5 Å². The lowest BCUT2D eigenvalue weighted by Crippen LogP contribution is -2.27. The Morgan fingerprint density at radius 1 is 1.22 bits per heavy atom. The summed E-state index contributed by atoms with van der Waals surface area (Å²) in [6, 6.07) is 6.16. The third kappa shape index (κ3) is 3.12. The van der Waals surface area contributed by atoms with E-state index in [-0.39, 0.29) is 36.3 Å². The van der Waals surface area contributed by atoms with Crippen LogP contribution in [0.15, 0.2) is 39.8 Å². The minimum atomic E-state index is -0.461. The van der Waals surface area contributed by atoms with Gasteiger partial charge in [-0.05, 0) is 43.0 Å². The van der Waals surface area contributed by atoms with Gasteiger partial charge in [-0.25, -0.2) is 14.8 Å². The zero-order valence-corrected chi connectivity index (χ0v) is 19.5. The lowest BCUT2D eigenvalue weighted by atomic mass is 9.97. The molecule has 1 saturated heterocycles. The number of aryl methyl sites for hydroxylation is 1. The van der Waals surface area contributed by atoms with Crippen LogP contribution in [-0.2, 0) is 11.3 Å². The maximum atomic E-state index is 13.7. The summed E-state index contributed by atoms with van der Waals surface area (Å²) in [6.45, 7) is 2.74. The van der Waals surface area contributed by atoms with Gasteiger partial charge < -0.3 is 19.5 Å². The number of oxazole rings is 1. The summed E-state index contributed by atoms with van der Waals surface area (Å²) < 4.78 is 13.2. The SMILES string of the molecule is Cc1c(-c2cnc3[nH]ncc3c2)ccc2c3oc(CN4CC(CN)OC4=O)nc3c(=O)n(C3CC3)c12. The van der Waals surface area contributed by atoms with E-state index in [1.165, 1.54) is 4.90 Å². The highest BCUT2D eigenvalue weighted by Crippen LogP contribution is 2.40. The molecule has 0 bridgehead atoms. The fourth-order valence-corrected chi connectivity index (χ4v) is 5.14. The van der Waals surface area contributed by atoms with Gasteiger partial charge in [-0.15, -0.1) is 0 Å². The molecule has 3 N–H and O–H groups in total. The summed E-state index contributed by atoms with van der Waals surface area (Å²) in [7, 11) is 0. The first-order valence-corrected chi connectivity index (χ1v) is 11.9. The van der Waals surface area contributed by atoms with Gasteiger partial charge >= 0.3 is 6.09 Å². The van der Waals surface area contributed by atoms with E-state index in [4.69, 9.17) is 14.9 Å². The second kappa shape index (κ2) is 7.62. The number of H-pyrrole nitrogens is 1. The van der Waals surface area contributed by atoms with Crippen LogP contribution in [0.3, 0.4) is 0 Å². The minimum absolute atomic E-state index is 0.113. The van der Waals surface area contributed by atoms with Crippen molar-refractivity contribution < 1.29 is 13.9 Å². The first kappa shape index (κ1) is 21.1. The molecule has 1 unspecified atom stereocenters. The maximum Gasteiger partial charge on any atom is 0.410 e. The molecule has 11 nitrogen and oxygen atoms in total. The Kier molecular flexibility index (Phi) is 4.46. The average molecular weight is 486 g/mol. The number of nitrogens with two attached hydrogens (primary N) is 1. The van der Waals surface area contributed by atoms with Crippen molar-refractivity contribution in [3.63, 3.8) is 0 Å². The quantitative estimate of drug-likeness (QED) is 0.386. The number of pyridine rings is 2. The summed E-state index contributed by atoms with van der Waals surface area (Å²) >= 11 is 0. The zero-order chi connectivity index (χ0) is 24.6. The van der Waals surface area contributed by atoms with E-state index < -0.39 is 6.09 Å². The second-order valence-corrected chi connectivity index (χ2v) is 9.48. The molecule has 0 spiro atoms. The smallest absolute Gasteiger partial charge is 0.410 e. The number of cyclic esters (lactones) is 1. The predicted octanol–water partition coefficient (Wildman–Crippen LogP) is 3.00. The zero-order valence-electron chi connectivity index (χ0n) is 19.5. The molecular weight excluding hydrogens is 462 g/mol. The first-order valence-electron chi connectivity index (χ1n) is 11.9. The molecule has 1 aromatic carbocycles. The molecule has 36 heavy (non-hydrogen) atoms. The van der Waals surface area contributed by atoms with Gasteiger partial charge in [0, 0.05) is 35.1 Å². The van der Waals surface area contributed by atoms with E-state index in [1.54, 1.807) is 6.20 Å². The van der Waals surface area contributed by atoms with Crippen molar-refractivity contribution >= 4 is 39.1 Å². The van der Waals surface area contributed by atoms with Crippen LogP contribution >= 0.6 is 0 Å². The minimum Gasteiger partial charge on any atom is -0.443 e. The molecule has 1 atom stereocenters. The molecule has 5 aromatic rings. The Morgan fingerprint density at radius 3 is 2.86 bits per heavy atom. The summed E-state index contributed by atoms with van der Waals surface area (Å²) in [6.07, 6.45) is 4.62. The number of hydrogen-bond acceptors (Lipinski definition) is 8. The molecule has 7 rings (SSSR count). The van der Waals surface area contributed by atoms with Crippen molar-refractivity contribution in [1.82, 2.24) is 29.6 Å². The van der Waals surface area contributed by atoms with Crippen LogP contribution in [0.5, 0.6) is 0 Å². The van der Waals surface area contributed by atoms with Gasteiger partial charge in [-0.1, -0.05) is 6.07 Å². The fourth-order valence-electron chi connectivity index (χ4n) is 5.14. The van der Waals surface area contributed by atoms with Crippen LogP contribution in [0.1, 0.15) is 30.3 Å². The van der Waals surface area contributed by atoms with Crippen molar-refractivity contribution in [3.8, 4) is 11.1 Å². The Bertz CT molecular complexity index is 1750. The number of aromatic amines is 1. The Morgan fingerprint density at radius 2 is 2.08 bits per heavy atom. The molecule has 4 aromatic heterocycles. The molecule has 1 aliphatic carbocycles. The van der Waals surface area contributed by atoms with E-state index in [0.29, 0.717) is 18.0 Å². The van der Waals surface area contributed by atoms with E-state index in [2.05, 4.69) is 20.2 Å². The molecule has 182 valence electrons. The van der Waals surface area contributed by atoms with Gasteiger partial charge in [0.2, 0.25) is 5.89 Å². The number of hydrogen-bond donors (Lipinski definition) is 2. The van der Waals surface area contributed by atoms with Gasteiger partial charge in [0.15, 0.2) is 16.7 Å². The normalized spacial score (nSPS) is 18.1. The van der Waals surface area contributed by atoms with Gasteiger partial charge in [-0.3, -0.25) is 14.8 Å². The first-order chi connectivity index (χ1) is 17.5. The van der Waals surface area contributed by atoms with Crippen LogP contribution in [0.4, 0.5) is 4.79 Å². The molecular formula is C25H23N7O4. The topological polar surface area (TPSA) is 145 Å². The fraction of sp³-hybridized carbons (Fsp3) is 0.320. The van der Waals surface area contributed by atoms with Crippen LogP contribution in [-0.4, -0.2) is 54.9 Å². The number of nitrogens with one attached hydrogen (secondary N) is 1. The number of nitrogens with zero attached hydrogens (tertiary/aromatic N) is 5. The summed E-state index contributed by atoms with van der Waals surface area (Å²) in [5.41, 5.74) is 10.6. The van der Waals surface area contributed by atoms with Crippen LogP contribution in [0.25, 0.3) is 44.2 Å². The summed E-state index contributed by atoms with van der Waals surface area (Å²) in [4.78, 5) is 36.3. The number of aromatic nitrogens is 5. The monoisotopic (exact) mass is 485 g/mol. The third-order valence-corrected chi connectivity index (χ3v) is 7.06. The number of rotatable bonds is 5. The Balaban J connectivity index is 1.40. The van der Waals surface area contributed by atoms with Gasteiger partial charge in [0.1, 0.15) is 12.6 Å². The largest absolute Gasteiger partial charge is 0.443 e. The lowest BCUT2D eigenvalue weighted by molar-refractivity contribution is 0.133. The van der Waals surface area contributed by atoms with E-state index >= 15 is 0 Å². The van der Waals surface area contributed by atoms with Gasteiger partial charge in [0.05, 0.1) is 18.3 Å². The Hall–Kier alpha value is -4.25. The number of carbonyl (C=O) groups is 1. The van der Waals surface area contributed by atoms with Crippen molar-refractivity contribution in [3.05, 3.63) is 52.4 Å². The van der Waals surface area contributed by atoms with Crippen molar-refractivity contribution in [2.75, 3.05) is 13.1 Å². The highest BCUT2D eigenvalue weighted by Gasteiger charge is 2.33. The van der Waals surface area contributed by atoms with E-state index in [9.17, 15) is 9.59 Å². The molecule has 11 heteroatoms. The highest BCUT2D eigenvalue weighted by atomic mass is 16.6.